The average Bonchev–Trinajstić information content (AvgIpc) is 3.02. The van der Waals surface area contributed by atoms with Crippen LogP contribution in [0.5, 0.6) is 0 Å². The molecule has 0 spiro atoms. The van der Waals surface area contributed by atoms with E-state index >= 15 is 0 Å². The van der Waals surface area contributed by atoms with Crippen molar-refractivity contribution >= 4 is 29.7 Å². The molecule has 264 valence electrons. The van der Waals surface area contributed by atoms with Crippen LogP contribution in [0.4, 0.5) is 4.79 Å². The molecule has 48 heavy (non-hydrogen) atoms. The second-order valence-electron chi connectivity index (χ2n) is 13.8. The molecule has 2 aromatic carbocycles. The maximum absolute atomic E-state index is 13.9. The Hall–Kier alpha value is -4.21. The van der Waals surface area contributed by atoms with Crippen LogP contribution in [0.3, 0.4) is 0 Å². The van der Waals surface area contributed by atoms with Gasteiger partial charge in [-0.2, -0.15) is 0 Å². The van der Waals surface area contributed by atoms with Crippen molar-refractivity contribution in [1.29, 1.82) is 0 Å². The summed E-state index contributed by atoms with van der Waals surface area (Å²) in [5, 5.41) is 8.48. The number of carbonyl (C=O) groups excluding carboxylic acids is 5. The van der Waals surface area contributed by atoms with Gasteiger partial charge in [-0.3, -0.25) is 14.4 Å². The predicted molar refractivity (Wildman–Crippen MR) is 186 cm³/mol. The summed E-state index contributed by atoms with van der Waals surface area (Å²) in [4.78, 5) is 65.4. The zero-order valence-electron chi connectivity index (χ0n) is 29.7. The van der Waals surface area contributed by atoms with Crippen LogP contribution in [-0.4, -0.2) is 61.0 Å². The molecule has 10 nitrogen and oxygen atoms in total. The summed E-state index contributed by atoms with van der Waals surface area (Å²) in [6.07, 6.45) is 2.00. The highest BCUT2D eigenvalue weighted by molar-refractivity contribution is 5.94. The van der Waals surface area contributed by atoms with E-state index in [1.54, 1.807) is 20.8 Å². The molecule has 0 radical (unpaired) electrons. The van der Waals surface area contributed by atoms with E-state index in [0.717, 1.165) is 11.1 Å². The number of hydrogen-bond donors (Lipinski definition) is 3. The molecule has 0 aliphatic heterocycles. The van der Waals surface area contributed by atoms with Crippen LogP contribution in [0.25, 0.3) is 0 Å². The van der Waals surface area contributed by atoms with Crippen LogP contribution >= 0.6 is 0 Å². The number of alkyl carbamates (subject to hydrolysis) is 1. The zero-order valence-corrected chi connectivity index (χ0v) is 29.7. The van der Waals surface area contributed by atoms with E-state index in [1.165, 1.54) is 7.11 Å². The minimum Gasteiger partial charge on any atom is -0.467 e. The van der Waals surface area contributed by atoms with E-state index in [9.17, 15) is 24.0 Å². The Bertz CT molecular complexity index is 1310. The van der Waals surface area contributed by atoms with Crippen molar-refractivity contribution in [1.82, 2.24) is 16.0 Å². The van der Waals surface area contributed by atoms with Crippen molar-refractivity contribution in [3.05, 3.63) is 71.8 Å². The van der Waals surface area contributed by atoms with Gasteiger partial charge in [-0.15, -0.1) is 0 Å². The van der Waals surface area contributed by atoms with Crippen LogP contribution in [0, 0.1) is 17.8 Å². The third-order valence-electron chi connectivity index (χ3n) is 7.78. The fourth-order valence-corrected chi connectivity index (χ4v) is 5.37. The molecular formula is C38H55N3O7. The Balaban J connectivity index is 2.11. The summed E-state index contributed by atoms with van der Waals surface area (Å²) in [5.74, 6) is -2.46. The van der Waals surface area contributed by atoms with Crippen molar-refractivity contribution < 1.29 is 33.4 Å². The van der Waals surface area contributed by atoms with Crippen LogP contribution in [0.15, 0.2) is 60.7 Å². The lowest BCUT2D eigenvalue weighted by Gasteiger charge is -2.25. The van der Waals surface area contributed by atoms with Gasteiger partial charge in [0.05, 0.1) is 13.2 Å². The fraction of sp³-hybridized carbons (Fsp3) is 0.553. The Morgan fingerprint density at radius 2 is 1.31 bits per heavy atom. The number of unbranched alkanes of at least 4 members (excludes halogenated alkanes) is 1. The molecule has 0 saturated carbocycles. The SMILES string of the molecule is COC(=O)[C@@H](CCCCNC(=O)OC(C)(C)C)NC(=O)[C@H](CC(=O)[C@@H](Cc1ccccc1)NC(=O)[C@H](C)Cc1ccccc1)CC(C)C. The molecule has 0 aliphatic rings. The molecule has 0 bridgehead atoms. The van der Waals surface area contributed by atoms with Gasteiger partial charge < -0.3 is 25.4 Å². The van der Waals surface area contributed by atoms with Gasteiger partial charge in [-0.05, 0) is 76.3 Å². The molecular weight excluding hydrogens is 610 g/mol. The molecule has 3 N–H and O–H groups in total. The lowest BCUT2D eigenvalue weighted by molar-refractivity contribution is -0.146. The number of benzene rings is 2. The van der Waals surface area contributed by atoms with Crippen LogP contribution in [0.1, 0.15) is 84.8 Å². The quantitative estimate of drug-likeness (QED) is 0.132. The fourth-order valence-electron chi connectivity index (χ4n) is 5.37. The van der Waals surface area contributed by atoms with E-state index in [-0.39, 0.29) is 29.9 Å². The molecule has 4 atom stereocenters. The zero-order chi connectivity index (χ0) is 35.7. The van der Waals surface area contributed by atoms with E-state index < -0.39 is 41.6 Å². The smallest absolute Gasteiger partial charge is 0.407 e. The number of methoxy groups -OCH3 is 1. The number of rotatable bonds is 19. The predicted octanol–water partition coefficient (Wildman–Crippen LogP) is 5.57. The molecule has 10 heteroatoms. The number of nitrogens with one attached hydrogen (secondary N) is 3. The van der Waals surface area contributed by atoms with Crippen LogP contribution in [-0.2, 0) is 41.5 Å². The highest BCUT2D eigenvalue weighted by Gasteiger charge is 2.32. The molecule has 2 rings (SSSR count). The first kappa shape index (κ1) is 40.0. The van der Waals surface area contributed by atoms with Gasteiger partial charge >= 0.3 is 12.1 Å². The van der Waals surface area contributed by atoms with E-state index in [2.05, 4.69) is 16.0 Å². The summed E-state index contributed by atoms with van der Waals surface area (Å²) in [6.45, 7) is 11.5. The summed E-state index contributed by atoms with van der Waals surface area (Å²) in [7, 11) is 1.26. The second kappa shape index (κ2) is 20.2. The second-order valence-corrected chi connectivity index (χ2v) is 13.8. The van der Waals surface area contributed by atoms with Gasteiger partial charge in [-0.1, -0.05) is 81.4 Å². The Kier molecular flexibility index (Phi) is 16.8. The molecule has 3 amide bonds. The Labute approximate surface area is 286 Å². The summed E-state index contributed by atoms with van der Waals surface area (Å²) < 4.78 is 10.2. The molecule has 0 aliphatic carbocycles. The van der Waals surface area contributed by atoms with E-state index in [4.69, 9.17) is 9.47 Å². The van der Waals surface area contributed by atoms with Crippen molar-refractivity contribution in [2.45, 2.75) is 104 Å². The highest BCUT2D eigenvalue weighted by Crippen LogP contribution is 2.20. The van der Waals surface area contributed by atoms with Crippen molar-refractivity contribution in [2.75, 3.05) is 13.7 Å². The first-order valence-corrected chi connectivity index (χ1v) is 16.9. The summed E-state index contributed by atoms with van der Waals surface area (Å²) in [6, 6.07) is 17.4. The number of carbonyl (C=O) groups is 5. The normalized spacial score (nSPS) is 13.8. The van der Waals surface area contributed by atoms with E-state index in [1.807, 2.05) is 81.4 Å². The number of esters is 1. The third kappa shape index (κ3) is 15.6. The summed E-state index contributed by atoms with van der Waals surface area (Å²) in [5.41, 5.74) is 1.31. The van der Waals surface area contributed by atoms with Crippen molar-refractivity contribution in [3.63, 3.8) is 0 Å². The van der Waals surface area contributed by atoms with Gasteiger partial charge in [-0.25, -0.2) is 9.59 Å². The lowest BCUT2D eigenvalue weighted by atomic mass is 9.88. The average molecular weight is 666 g/mol. The van der Waals surface area contributed by atoms with Gasteiger partial charge in [0, 0.05) is 24.8 Å². The standard InChI is InChI=1S/C38H55N3O7/c1-26(2)22-30(35(44)40-31(36(45)47-7)20-14-15-21-39-37(46)48-38(4,5)6)25-33(42)32(24-29-18-12-9-13-19-29)41-34(43)27(3)23-28-16-10-8-11-17-28/h8-13,16-19,26-27,30-32H,14-15,20-25H2,1-7H3,(H,39,46)(H,40,44)(H,41,43)/t27-,30+,31-,32-/m1/s1. The largest absolute Gasteiger partial charge is 0.467 e. The molecule has 0 fully saturated rings. The third-order valence-corrected chi connectivity index (χ3v) is 7.78. The van der Waals surface area contributed by atoms with Gasteiger partial charge in [0.15, 0.2) is 5.78 Å². The molecule has 0 saturated heterocycles. The molecule has 2 aromatic rings. The molecule has 0 unspecified atom stereocenters. The maximum Gasteiger partial charge on any atom is 0.407 e. The number of amides is 3. The monoisotopic (exact) mass is 665 g/mol. The number of ketones is 1. The first-order valence-electron chi connectivity index (χ1n) is 16.9. The van der Waals surface area contributed by atoms with Crippen molar-refractivity contribution in [2.24, 2.45) is 17.8 Å². The van der Waals surface area contributed by atoms with Crippen LogP contribution in [0.2, 0.25) is 0 Å². The Morgan fingerprint density at radius 3 is 1.85 bits per heavy atom. The number of Topliss-reactive ketones (excluding diaryl/α,β-unsaturated/α-hetero) is 1. The minimum absolute atomic E-state index is 0.0946. The molecule has 0 aromatic heterocycles. The molecule has 0 heterocycles. The minimum atomic E-state index is -0.910. The van der Waals surface area contributed by atoms with Crippen molar-refractivity contribution in [3.8, 4) is 0 Å². The number of ether oxygens (including phenoxy) is 2. The van der Waals surface area contributed by atoms with Gasteiger partial charge in [0.25, 0.3) is 0 Å². The van der Waals surface area contributed by atoms with E-state index in [0.29, 0.717) is 45.1 Å². The Morgan fingerprint density at radius 1 is 0.750 bits per heavy atom. The highest BCUT2D eigenvalue weighted by atomic mass is 16.6. The first-order chi connectivity index (χ1) is 22.7. The van der Waals surface area contributed by atoms with Crippen LogP contribution < -0.4 is 16.0 Å². The number of hydrogen-bond acceptors (Lipinski definition) is 7. The van der Waals surface area contributed by atoms with Gasteiger partial charge in [0.2, 0.25) is 11.8 Å². The lowest BCUT2D eigenvalue weighted by Crippen LogP contribution is -2.48. The maximum atomic E-state index is 13.9. The van der Waals surface area contributed by atoms with Gasteiger partial charge in [0.1, 0.15) is 11.6 Å². The topological polar surface area (TPSA) is 140 Å². The summed E-state index contributed by atoms with van der Waals surface area (Å²) >= 11 is 0.